The van der Waals surface area contributed by atoms with Crippen molar-refractivity contribution in [3.8, 4) is 6.07 Å². The fourth-order valence-electron chi connectivity index (χ4n) is 1.54. The number of nitrogens with one attached hydrogen (secondary N) is 2. The van der Waals surface area contributed by atoms with Crippen LogP contribution in [0.15, 0.2) is 46.9 Å². The molecule has 0 aromatic heterocycles. The van der Waals surface area contributed by atoms with Crippen LogP contribution >= 0.6 is 15.9 Å². The summed E-state index contributed by atoms with van der Waals surface area (Å²) in [7, 11) is 0. The Morgan fingerprint density at radius 1 is 1.15 bits per heavy atom. The lowest BCUT2D eigenvalue weighted by atomic mass is 10.2. The number of benzene rings is 2. The molecule has 6 heteroatoms. The summed E-state index contributed by atoms with van der Waals surface area (Å²) in [4.78, 5) is 11.8. The van der Waals surface area contributed by atoms with Gasteiger partial charge in [-0.15, -0.1) is 0 Å². The number of hydrogen-bond donors (Lipinski definition) is 3. The molecule has 0 unspecified atom stereocenters. The summed E-state index contributed by atoms with van der Waals surface area (Å²) in [5.41, 5.74) is 7.93. The van der Waals surface area contributed by atoms with Crippen LogP contribution in [-0.4, -0.2) is 6.03 Å². The van der Waals surface area contributed by atoms with E-state index in [2.05, 4.69) is 26.6 Å². The predicted octanol–water partition coefficient (Wildman–Crippen LogP) is 3.55. The van der Waals surface area contributed by atoms with Crippen molar-refractivity contribution >= 4 is 39.0 Å². The van der Waals surface area contributed by atoms with Crippen LogP contribution in [0.1, 0.15) is 5.56 Å². The Balaban J connectivity index is 2.05. The molecule has 0 fully saturated rings. The number of nitrogens with two attached hydrogens (primary N) is 1. The standard InChI is InChI=1S/C14H11BrN4O/c15-12-7-9(8-16)1-6-13(12)19-14(20)18-11-4-2-10(17)3-5-11/h1-7H,17H2,(H2,18,19,20). The summed E-state index contributed by atoms with van der Waals surface area (Å²) in [6, 6.07) is 13.4. The normalized spacial score (nSPS) is 9.60. The molecule has 2 rings (SSSR count). The summed E-state index contributed by atoms with van der Waals surface area (Å²) in [5, 5.41) is 14.1. The second-order valence-electron chi connectivity index (χ2n) is 4.01. The molecule has 0 atom stereocenters. The maximum atomic E-state index is 11.8. The monoisotopic (exact) mass is 330 g/mol. The van der Waals surface area contributed by atoms with Crippen LogP contribution in [0.2, 0.25) is 0 Å². The molecule has 5 nitrogen and oxygen atoms in total. The number of rotatable bonds is 2. The first-order chi connectivity index (χ1) is 9.58. The van der Waals surface area contributed by atoms with Crippen LogP contribution in [0.25, 0.3) is 0 Å². The first kappa shape index (κ1) is 13.9. The maximum absolute atomic E-state index is 11.8. The van der Waals surface area contributed by atoms with Gasteiger partial charge in [0.05, 0.1) is 17.3 Å². The lowest BCUT2D eigenvalue weighted by Gasteiger charge is -2.09. The molecule has 20 heavy (non-hydrogen) atoms. The Bertz CT molecular complexity index is 677. The number of nitriles is 1. The number of carbonyl (C=O) groups is 1. The Kier molecular flexibility index (Phi) is 4.23. The van der Waals surface area contributed by atoms with Gasteiger partial charge in [-0.1, -0.05) is 0 Å². The molecule has 100 valence electrons. The van der Waals surface area contributed by atoms with Gasteiger partial charge in [0.1, 0.15) is 0 Å². The number of amides is 2. The summed E-state index contributed by atoms with van der Waals surface area (Å²) in [6.07, 6.45) is 0. The van der Waals surface area contributed by atoms with E-state index in [4.69, 9.17) is 11.0 Å². The van der Waals surface area contributed by atoms with Gasteiger partial charge in [-0.25, -0.2) is 4.79 Å². The van der Waals surface area contributed by atoms with Crippen LogP contribution in [0.4, 0.5) is 21.9 Å². The number of urea groups is 1. The zero-order valence-electron chi connectivity index (χ0n) is 10.4. The Morgan fingerprint density at radius 3 is 2.45 bits per heavy atom. The molecule has 0 spiro atoms. The third-order valence-corrected chi connectivity index (χ3v) is 3.17. The summed E-state index contributed by atoms with van der Waals surface area (Å²) in [5.74, 6) is 0. The zero-order valence-corrected chi connectivity index (χ0v) is 11.9. The van der Waals surface area contributed by atoms with E-state index in [1.165, 1.54) is 0 Å². The molecule has 2 aromatic rings. The summed E-state index contributed by atoms with van der Waals surface area (Å²) in [6.45, 7) is 0. The smallest absolute Gasteiger partial charge is 0.323 e. The number of nitrogens with zero attached hydrogens (tertiary/aromatic N) is 1. The largest absolute Gasteiger partial charge is 0.399 e. The minimum Gasteiger partial charge on any atom is -0.399 e. The molecule has 0 saturated heterocycles. The molecule has 0 radical (unpaired) electrons. The lowest BCUT2D eigenvalue weighted by molar-refractivity contribution is 0.262. The van der Waals surface area contributed by atoms with Gasteiger partial charge < -0.3 is 16.4 Å². The molecule has 0 saturated carbocycles. The topological polar surface area (TPSA) is 90.9 Å². The molecule has 2 amide bonds. The number of hydrogen-bond acceptors (Lipinski definition) is 3. The van der Waals surface area contributed by atoms with Crippen LogP contribution in [0.5, 0.6) is 0 Å². The molecule has 2 aromatic carbocycles. The fourth-order valence-corrected chi connectivity index (χ4v) is 2.02. The van der Waals surface area contributed by atoms with E-state index in [9.17, 15) is 4.79 Å². The first-order valence-corrected chi connectivity index (χ1v) is 6.51. The van der Waals surface area contributed by atoms with Crippen molar-refractivity contribution in [3.63, 3.8) is 0 Å². The van der Waals surface area contributed by atoms with Gasteiger partial charge in [-0.2, -0.15) is 5.26 Å². The first-order valence-electron chi connectivity index (χ1n) is 5.71. The van der Waals surface area contributed by atoms with Crippen LogP contribution in [-0.2, 0) is 0 Å². The number of nitrogen functional groups attached to an aromatic ring is 1. The molecular weight excluding hydrogens is 320 g/mol. The van der Waals surface area contributed by atoms with E-state index >= 15 is 0 Å². The summed E-state index contributed by atoms with van der Waals surface area (Å²) >= 11 is 3.30. The molecule has 4 N–H and O–H groups in total. The Labute approximate surface area is 124 Å². The van der Waals surface area contributed by atoms with Gasteiger partial charge in [-0.3, -0.25) is 0 Å². The van der Waals surface area contributed by atoms with E-state index in [-0.39, 0.29) is 6.03 Å². The van der Waals surface area contributed by atoms with Crippen molar-refractivity contribution in [1.29, 1.82) is 5.26 Å². The van der Waals surface area contributed by atoms with E-state index in [0.717, 1.165) is 0 Å². The number of halogens is 1. The Morgan fingerprint density at radius 2 is 1.85 bits per heavy atom. The fraction of sp³-hybridized carbons (Fsp3) is 0. The van der Waals surface area contributed by atoms with Gasteiger partial charge >= 0.3 is 6.03 Å². The number of carbonyl (C=O) groups excluding carboxylic acids is 1. The Hall–Kier alpha value is -2.52. The third kappa shape index (κ3) is 3.49. The van der Waals surface area contributed by atoms with Crippen molar-refractivity contribution in [1.82, 2.24) is 0 Å². The highest BCUT2D eigenvalue weighted by molar-refractivity contribution is 9.10. The highest BCUT2D eigenvalue weighted by Gasteiger charge is 2.06. The molecule has 0 heterocycles. The van der Waals surface area contributed by atoms with Crippen molar-refractivity contribution in [2.24, 2.45) is 0 Å². The molecular formula is C14H11BrN4O. The minimum absolute atomic E-state index is 0.375. The average Bonchev–Trinajstić information content (AvgIpc) is 2.43. The molecule has 0 aliphatic heterocycles. The second kappa shape index (κ2) is 6.08. The van der Waals surface area contributed by atoms with Gasteiger partial charge in [0.25, 0.3) is 0 Å². The van der Waals surface area contributed by atoms with E-state index in [0.29, 0.717) is 27.1 Å². The van der Waals surface area contributed by atoms with Gasteiger partial charge in [0, 0.05) is 15.8 Å². The third-order valence-electron chi connectivity index (χ3n) is 2.51. The minimum atomic E-state index is -0.375. The van der Waals surface area contributed by atoms with Crippen LogP contribution in [0, 0.1) is 11.3 Å². The van der Waals surface area contributed by atoms with Crippen LogP contribution in [0.3, 0.4) is 0 Å². The quantitative estimate of drug-likeness (QED) is 0.735. The molecule has 0 aliphatic rings. The predicted molar refractivity (Wildman–Crippen MR) is 82.4 cm³/mol. The van der Waals surface area contributed by atoms with E-state index < -0.39 is 0 Å². The average molecular weight is 331 g/mol. The van der Waals surface area contributed by atoms with Crippen LogP contribution < -0.4 is 16.4 Å². The lowest BCUT2D eigenvalue weighted by Crippen LogP contribution is -2.19. The maximum Gasteiger partial charge on any atom is 0.323 e. The highest BCUT2D eigenvalue weighted by Crippen LogP contribution is 2.23. The molecule has 0 aliphatic carbocycles. The van der Waals surface area contributed by atoms with Crippen molar-refractivity contribution in [2.45, 2.75) is 0 Å². The van der Waals surface area contributed by atoms with E-state index in [1.54, 1.807) is 42.5 Å². The number of anilines is 3. The van der Waals surface area contributed by atoms with Crippen molar-refractivity contribution in [2.75, 3.05) is 16.4 Å². The van der Waals surface area contributed by atoms with Crippen molar-refractivity contribution in [3.05, 3.63) is 52.5 Å². The van der Waals surface area contributed by atoms with Gasteiger partial charge in [-0.05, 0) is 58.4 Å². The zero-order chi connectivity index (χ0) is 14.5. The van der Waals surface area contributed by atoms with E-state index in [1.807, 2.05) is 6.07 Å². The highest BCUT2D eigenvalue weighted by atomic mass is 79.9. The van der Waals surface area contributed by atoms with Crippen molar-refractivity contribution < 1.29 is 4.79 Å². The van der Waals surface area contributed by atoms with Gasteiger partial charge in [0.2, 0.25) is 0 Å². The summed E-state index contributed by atoms with van der Waals surface area (Å²) < 4.78 is 0.643. The molecule has 0 bridgehead atoms. The SMILES string of the molecule is N#Cc1ccc(NC(=O)Nc2ccc(N)cc2)c(Br)c1. The second-order valence-corrected chi connectivity index (χ2v) is 4.86. The van der Waals surface area contributed by atoms with Gasteiger partial charge in [0.15, 0.2) is 0 Å².